The lowest BCUT2D eigenvalue weighted by Crippen LogP contribution is -2.31. The van der Waals surface area contributed by atoms with Crippen molar-refractivity contribution in [2.45, 2.75) is 6.92 Å². The van der Waals surface area contributed by atoms with E-state index in [4.69, 9.17) is 23.1 Å². The molecule has 72 valence electrons. The number of carboxylic acids is 1. The number of nitrogens with zero attached hydrogens (tertiary/aromatic N) is 1. The number of carboxylic acid groups (broad SMARTS) is 1. The monoisotopic (exact) mass is 201 g/mol. The average Bonchev–Trinajstić information content (AvgIpc) is 2.03. The van der Waals surface area contributed by atoms with Gasteiger partial charge in [0.1, 0.15) is 0 Å². The molecule has 0 aliphatic carbocycles. The predicted octanol–water partition coefficient (Wildman–Crippen LogP) is 1.15. The fourth-order valence-corrected chi connectivity index (χ4v) is 0.944. The Kier molecular flexibility index (Phi) is 6.03. The van der Waals surface area contributed by atoms with Gasteiger partial charge in [-0.05, 0) is 12.5 Å². The van der Waals surface area contributed by atoms with Crippen LogP contribution in [0.3, 0.4) is 0 Å². The van der Waals surface area contributed by atoms with Crippen molar-refractivity contribution in [3.63, 3.8) is 0 Å². The summed E-state index contributed by atoms with van der Waals surface area (Å²) in [5, 5.41) is 8.53. The van der Waals surface area contributed by atoms with E-state index in [0.29, 0.717) is 13.1 Å². The molecular weight excluding hydrogens is 190 g/mol. The first-order chi connectivity index (χ1) is 6.10. The SMILES string of the molecule is C#CCN(CC(=O)O)CC(C)=CCl. The third-order valence-electron chi connectivity index (χ3n) is 1.33. The first-order valence-corrected chi connectivity index (χ1v) is 4.17. The summed E-state index contributed by atoms with van der Waals surface area (Å²) in [5.74, 6) is 1.50. The molecular formula is C9H12ClNO2. The van der Waals surface area contributed by atoms with E-state index in [1.165, 1.54) is 5.54 Å². The lowest BCUT2D eigenvalue weighted by molar-refractivity contribution is -0.138. The van der Waals surface area contributed by atoms with E-state index >= 15 is 0 Å². The van der Waals surface area contributed by atoms with Gasteiger partial charge in [0.25, 0.3) is 0 Å². The average molecular weight is 202 g/mol. The number of halogens is 1. The van der Waals surface area contributed by atoms with E-state index in [9.17, 15) is 4.79 Å². The largest absolute Gasteiger partial charge is 0.480 e. The van der Waals surface area contributed by atoms with Crippen molar-refractivity contribution >= 4 is 17.6 Å². The normalized spacial score (nSPS) is 11.4. The highest BCUT2D eigenvalue weighted by atomic mass is 35.5. The first-order valence-electron chi connectivity index (χ1n) is 3.73. The van der Waals surface area contributed by atoms with Crippen LogP contribution in [0.5, 0.6) is 0 Å². The highest BCUT2D eigenvalue weighted by Gasteiger charge is 2.07. The molecule has 0 amide bonds. The molecule has 0 aromatic carbocycles. The lowest BCUT2D eigenvalue weighted by Gasteiger charge is -2.16. The molecule has 0 saturated heterocycles. The summed E-state index contributed by atoms with van der Waals surface area (Å²) in [6.07, 6.45) is 5.09. The number of hydrogen-bond acceptors (Lipinski definition) is 2. The highest BCUT2D eigenvalue weighted by molar-refractivity contribution is 6.25. The van der Waals surface area contributed by atoms with Crippen molar-refractivity contribution in [2.24, 2.45) is 0 Å². The number of carbonyl (C=O) groups is 1. The molecule has 0 aliphatic rings. The molecule has 0 heterocycles. The van der Waals surface area contributed by atoms with Gasteiger partial charge in [-0.3, -0.25) is 9.69 Å². The fourth-order valence-electron chi connectivity index (χ4n) is 0.875. The summed E-state index contributed by atoms with van der Waals surface area (Å²) < 4.78 is 0. The molecule has 0 radical (unpaired) electrons. The molecule has 0 aliphatic heterocycles. The first kappa shape index (κ1) is 12.0. The Labute approximate surface area is 83.0 Å². The summed E-state index contributed by atoms with van der Waals surface area (Å²) in [5.41, 5.74) is 2.31. The Bertz CT molecular complexity index is 242. The van der Waals surface area contributed by atoms with Crippen LogP contribution in [0.2, 0.25) is 0 Å². The summed E-state index contributed by atoms with van der Waals surface area (Å²) in [6.45, 7) is 2.55. The van der Waals surface area contributed by atoms with Gasteiger partial charge in [-0.2, -0.15) is 0 Å². The van der Waals surface area contributed by atoms with Crippen molar-refractivity contribution in [1.82, 2.24) is 4.90 Å². The Morgan fingerprint density at radius 1 is 1.69 bits per heavy atom. The number of aliphatic carboxylic acids is 1. The van der Waals surface area contributed by atoms with Gasteiger partial charge >= 0.3 is 5.97 Å². The zero-order valence-corrected chi connectivity index (χ0v) is 8.21. The van der Waals surface area contributed by atoms with Gasteiger partial charge in [0.15, 0.2) is 0 Å². The number of hydrogen-bond donors (Lipinski definition) is 1. The summed E-state index contributed by atoms with van der Waals surface area (Å²) >= 11 is 5.44. The van der Waals surface area contributed by atoms with Gasteiger partial charge in [0.2, 0.25) is 0 Å². The van der Waals surface area contributed by atoms with E-state index in [-0.39, 0.29) is 6.54 Å². The second-order valence-electron chi connectivity index (χ2n) is 2.70. The van der Waals surface area contributed by atoms with Crippen LogP contribution in [0.4, 0.5) is 0 Å². The molecule has 0 fully saturated rings. The van der Waals surface area contributed by atoms with E-state index in [2.05, 4.69) is 5.92 Å². The van der Waals surface area contributed by atoms with E-state index in [1.54, 1.807) is 4.90 Å². The molecule has 0 spiro atoms. The Morgan fingerprint density at radius 2 is 2.31 bits per heavy atom. The van der Waals surface area contributed by atoms with Crippen LogP contribution in [0.1, 0.15) is 6.92 Å². The van der Waals surface area contributed by atoms with Crippen molar-refractivity contribution < 1.29 is 9.90 Å². The smallest absolute Gasteiger partial charge is 0.317 e. The molecule has 4 heteroatoms. The van der Waals surface area contributed by atoms with Crippen LogP contribution in [0.15, 0.2) is 11.1 Å². The fraction of sp³-hybridized carbons (Fsp3) is 0.444. The van der Waals surface area contributed by atoms with Gasteiger partial charge < -0.3 is 5.11 Å². The molecule has 0 aromatic heterocycles. The maximum atomic E-state index is 10.4. The molecule has 1 N–H and O–H groups in total. The number of terminal acetylenes is 1. The summed E-state index contributed by atoms with van der Waals surface area (Å²) in [6, 6.07) is 0. The maximum absolute atomic E-state index is 10.4. The predicted molar refractivity (Wildman–Crippen MR) is 52.5 cm³/mol. The van der Waals surface area contributed by atoms with Crippen LogP contribution >= 0.6 is 11.6 Å². The minimum atomic E-state index is -0.891. The van der Waals surface area contributed by atoms with Gasteiger partial charge in [-0.25, -0.2) is 0 Å². The molecule has 0 unspecified atom stereocenters. The third kappa shape index (κ3) is 6.21. The zero-order chi connectivity index (χ0) is 10.3. The van der Waals surface area contributed by atoms with Crippen LogP contribution in [-0.2, 0) is 4.79 Å². The summed E-state index contributed by atoms with van der Waals surface area (Å²) in [7, 11) is 0. The summed E-state index contributed by atoms with van der Waals surface area (Å²) in [4.78, 5) is 12.0. The molecule has 0 bridgehead atoms. The maximum Gasteiger partial charge on any atom is 0.317 e. The minimum Gasteiger partial charge on any atom is -0.480 e. The van der Waals surface area contributed by atoms with Crippen molar-refractivity contribution in [1.29, 1.82) is 0 Å². The lowest BCUT2D eigenvalue weighted by atomic mass is 10.3. The standard InChI is InChI=1S/C9H12ClNO2/c1-3-4-11(7-9(12)13)6-8(2)5-10/h1,5H,4,6-7H2,2H3,(H,12,13). The Hall–Kier alpha value is -0.980. The van der Waals surface area contributed by atoms with E-state index in [0.717, 1.165) is 5.57 Å². The van der Waals surface area contributed by atoms with Gasteiger partial charge in [0, 0.05) is 12.1 Å². The second kappa shape index (κ2) is 6.53. The van der Waals surface area contributed by atoms with Crippen LogP contribution in [0.25, 0.3) is 0 Å². The van der Waals surface area contributed by atoms with Gasteiger partial charge in [0.05, 0.1) is 13.1 Å². The van der Waals surface area contributed by atoms with Crippen LogP contribution in [0, 0.1) is 12.3 Å². The molecule has 0 atom stereocenters. The molecule has 0 rings (SSSR count). The van der Waals surface area contributed by atoms with E-state index in [1.807, 2.05) is 6.92 Å². The molecule has 13 heavy (non-hydrogen) atoms. The van der Waals surface area contributed by atoms with Crippen molar-refractivity contribution in [3.8, 4) is 12.3 Å². The van der Waals surface area contributed by atoms with Gasteiger partial charge in [-0.1, -0.05) is 17.5 Å². The molecule has 0 saturated carbocycles. The Morgan fingerprint density at radius 3 is 2.69 bits per heavy atom. The third-order valence-corrected chi connectivity index (χ3v) is 1.71. The molecule has 3 nitrogen and oxygen atoms in total. The van der Waals surface area contributed by atoms with Crippen molar-refractivity contribution in [2.75, 3.05) is 19.6 Å². The second-order valence-corrected chi connectivity index (χ2v) is 2.92. The minimum absolute atomic E-state index is 0.0632. The highest BCUT2D eigenvalue weighted by Crippen LogP contribution is 1.99. The van der Waals surface area contributed by atoms with E-state index < -0.39 is 5.97 Å². The van der Waals surface area contributed by atoms with Crippen LogP contribution < -0.4 is 0 Å². The van der Waals surface area contributed by atoms with Crippen molar-refractivity contribution in [3.05, 3.63) is 11.1 Å². The number of rotatable bonds is 5. The van der Waals surface area contributed by atoms with Gasteiger partial charge in [-0.15, -0.1) is 6.42 Å². The quantitative estimate of drug-likeness (QED) is 0.679. The molecule has 0 aromatic rings. The van der Waals surface area contributed by atoms with Crippen LogP contribution in [-0.4, -0.2) is 35.6 Å². The Balaban J connectivity index is 4.10. The topological polar surface area (TPSA) is 40.5 Å². The zero-order valence-electron chi connectivity index (χ0n) is 7.46.